The van der Waals surface area contributed by atoms with Crippen molar-refractivity contribution in [1.82, 2.24) is 31.9 Å². The van der Waals surface area contributed by atoms with E-state index in [4.69, 9.17) is 0 Å². The molecule has 0 unspecified atom stereocenters. The lowest BCUT2D eigenvalue weighted by molar-refractivity contribution is -0.605. The lowest BCUT2D eigenvalue weighted by atomic mass is 10.0. The van der Waals surface area contributed by atoms with Crippen molar-refractivity contribution in [3.8, 4) is 0 Å². The molecule has 5 amide bonds. The third-order valence-electron chi connectivity index (χ3n) is 7.69. The Morgan fingerprint density at radius 3 is 1.85 bits per heavy atom. The number of pyridine rings is 1. The van der Waals surface area contributed by atoms with E-state index in [0.717, 1.165) is 0 Å². The third-order valence-corrected chi connectivity index (χ3v) is 7.69. The second kappa shape index (κ2) is 21.2. The summed E-state index contributed by atoms with van der Waals surface area (Å²) in [6, 6.07) is -0.574. The predicted octanol–water partition coefficient (Wildman–Crippen LogP) is 1.93. The largest absolute Gasteiger partial charge is 0.619 e. The van der Waals surface area contributed by atoms with Crippen LogP contribution in [0.5, 0.6) is 0 Å². The first-order valence-corrected chi connectivity index (χ1v) is 17.0. The maximum Gasteiger partial charge on any atom is 0.252 e. The molecule has 1 aromatic rings. The molecule has 0 aliphatic heterocycles. The maximum absolute atomic E-state index is 13.6. The molecule has 47 heavy (non-hydrogen) atoms. The van der Waals surface area contributed by atoms with Gasteiger partial charge in [0.25, 0.3) is 5.91 Å². The zero-order chi connectivity index (χ0) is 35.7. The molecule has 0 fully saturated rings. The molecule has 0 radical (unpaired) electrons. The second-order valence-corrected chi connectivity index (χ2v) is 13.4. The van der Waals surface area contributed by atoms with Crippen molar-refractivity contribution in [2.45, 2.75) is 125 Å². The van der Waals surface area contributed by atoms with Gasteiger partial charge in [-0.15, -0.1) is 0 Å². The van der Waals surface area contributed by atoms with Crippen LogP contribution in [0.3, 0.4) is 0 Å². The molecule has 266 valence electrons. The fourth-order valence-electron chi connectivity index (χ4n) is 4.98. The van der Waals surface area contributed by atoms with Crippen molar-refractivity contribution in [2.24, 2.45) is 17.8 Å². The molecule has 1 rings (SSSR count). The number of rotatable bonds is 21. The van der Waals surface area contributed by atoms with Crippen LogP contribution in [0.15, 0.2) is 24.5 Å². The van der Waals surface area contributed by atoms with Crippen LogP contribution in [0.1, 0.15) is 105 Å². The molecule has 0 aliphatic carbocycles. The van der Waals surface area contributed by atoms with Crippen LogP contribution in [-0.4, -0.2) is 72.8 Å². The van der Waals surface area contributed by atoms with E-state index in [1.165, 1.54) is 24.5 Å². The van der Waals surface area contributed by atoms with E-state index >= 15 is 0 Å². The molecule has 6 N–H and O–H groups in total. The lowest BCUT2D eigenvalue weighted by Crippen LogP contribution is -2.57. The number of carbonyl (C=O) groups excluding carboxylic acids is 5. The van der Waals surface area contributed by atoms with Crippen LogP contribution in [0.2, 0.25) is 0 Å². The molecule has 1 heterocycles. The molecule has 0 aromatic carbocycles. The van der Waals surface area contributed by atoms with Crippen molar-refractivity contribution in [3.05, 3.63) is 35.3 Å². The van der Waals surface area contributed by atoms with Crippen molar-refractivity contribution >= 4 is 29.5 Å². The average molecular weight is 662 g/mol. The van der Waals surface area contributed by atoms with Gasteiger partial charge in [-0.25, -0.2) is 0 Å². The first-order valence-electron chi connectivity index (χ1n) is 17.0. The van der Waals surface area contributed by atoms with Gasteiger partial charge in [0.2, 0.25) is 23.6 Å². The number of nitrogens with zero attached hydrogens (tertiary/aromatic N) is 1. The first-order chi connectivity index (χ1) is 22.1. The average Bonchev–Trinajstić information content (AvgIpc) is 2.99. The summed E-state index contributed by atoms with van der Waals surface area (Å²) in [4.78, 5) is 65.3. The minimum atomic E-state index is -0.877. The minimum Gasteiger partial charge on any atom is -0.619 e. The second-order valence-electron chi connectivity index (χ2n) is 13.4. The molecule has 13 nitrogen and oxygen atoms in total. The van der Waals surface area contributed by atoms with Crippen molar-refractivity contribution in [1.29, 1.82) is 0 Å². The highest BCUT2D eigenvalue weighted by atomic mass is 16.5. The summed E-state index contributed by atoms with van der Waals surface area (Å²) >= 11 is 0. The summed E-state index contributed by atoms with van der Waals surface area (Å²) in [7, 11) is 0. The summed E-state index contributed by atoms with van der Waals surface area (Å²) in [6.45, 7) is 18.0. The van der Waals surface area contributed by atoms with Crippen LogP contribution < -0.4 is 36.6 Å². The van der Waals surface area contributed by atoms with Crippen molar-refractivity contribution in [2.75, 3.05) is 13.1 Å². The standard InChI is InChI=1S/C34H59N7O6/c1-10-12-27(39-33(45)28(14-13-21(3)4)38-31(43)25-15-17-41(47)18-16-25)32(44)37-26(19-22(5)6)20-36-24(9)30(42)40-29(23(7)8)34(46)35-11-2/h15-18,21-24,26-29,36H,10-14,19-20H2,1-9H3,(H,35,46)(H,37,44)(H,38,43)(H,39,45)(H,40,42)/t24-,26-,27-,28-,29-/m0/s1. The lowest BCUT2D eigenvalue weighted by Gasteiger charge is -2.28. The third kappa shape index (κ3) is 15.6. The molecule has 1 aromatic heterocycles. The fourth-order valence-corrected chi connectivity index (χ4v) is 4.98. The molecular weight excluding hydrogens is 602 g/mol. The number of carbonyl (C=O) groups is 5. The number of hydrogen-bond acceptors (Lipinski definition) is 7. The van der Waals surface area contributed by atoms with E-state index in [0.29, 0.717) is 49.9 Å². The molecule has 0 bridgehead atoms. The van der Waals surface area contributed by atoms with Crippen LogP contribution in [0, 0.1) is 23.0 Å². The smallest absolute Gasteiger partial charge is 0.252 e. The molecule has 0 saturated heterocycles. The summed E-state index contributed by atoms with van der Waals surface area (Å²) in [5, 5.41) is 28.8. The molecular formula is C34H59N7O6. The highest BCUT2D eigenvalue weighted by Crippen LogP contribution is 2.11. The van der Waals surface area contributed by atoms with E-state index in [9.17, 15) is 29.2 Å². The normalized spacial score (nSPS) is 14.6. The van der Waals surface area contributed by atoms with Crippen LogP contribution in [0.25, 0.3) is 0 Å². The Balaban J connectivity index is 2.98. The first kappa shape index (κ1) is 41.3. The van der Waals surface area contributed by atoms with Gasteiger partial charge in [-0.3, -0.25) is 24.0 Å². The fraction of sp³-hybridized carbons (Fsp3) is 0.706. The van der Waals surface area contributed by atoms with Crippen LogP contribution >= 0.6 is 0 Å². The van der Waals surface area contributed by atoms with E-state index in [2.05, 4.69) is 31.9 Å². The Bertz CT molecular complexity index is 1140. The number of nitrogens with one attached hydrogen (secondary N) is 6. The Hall–Kier alpha value is -3.74. The van der Waals surface area contributed by atoms with E-state index in [1.54, 1.807) is 6.92 Å². The summed E-state index contributed by atoms with van der Waals surface area (Å²) in [6.07, 6.45) is 5.12. The topological polar surface area (TPSA) is 184 Å². The van der Waals surface area contributed by atoms with Gasteiger partial charge >= 0.3 is 0 Å². The Kier molecular flexibility index (Phi) is 18.6. The number of likely N-dealkylation sites (N-methyl/N-ethyl adjacent to an activating group) is 1. The molecule has 5 atom stereocenters. The number of aromatic nitrogens is 1. The minimum absolute atomic E-state index is 0.0980. The zero-order valence-electron chi connectivity index (χ0n) is 29.8. The molecule has 0 aliphatic rings. The van der Waals surface area contributed by atoms with Gasteiger partial charge < -0.3 is 37.1 Å². The van der Waals surface area contributed by atoms with Gasteiger partial charge in [-0.2, -0.15) is 4.73 Å². The van der Waals surface area contributed by atoms with Crippen LogP contribution in [-0.2, 0) is 19.2 Å². The molecule has 13 heteroatoms. The summed E-state index contributed by atoms with van der Waals surface area (Å²) in [5.74, 6) is -1.43. The van der Waals surface area contributed by atoms with Crippen molar-refractivity contribution in [3.63, 3.8) is 0 Å². The Morgan fingerprint density at radius 1 is 0.723 bits per heavy atom. The Labute approximate surface area is 280 Å². The van der Waals surface area contributed by atoms with Crippen molar-refractivity contribution < 1.29 is 28.7 Å². The van der Waals surface area contributed by atoms with E-state index < -0.39 is 36.0 Å². The summed E-state index contributed by atoms with van der Waals surface area (Å²) < 4.78 is 0.571. The number of amides is 5. The molecule has 0 spiro atoms. The van der Waals surface area contributed by atoms with E-state index in [1.807, 2.05) is 55.4 Å². The number of hydrogen-bond donors (Lipinski definition) is 6. The quantitative estimate of drug-likeness (QED) is 0.0859. The van der Waals surface area contributed by atoms with Gasteiger partial charge in [0.15, 0.2) is 12.4 Å². The van der Waals surface area contributed by atoms with Gasteiger partial charge in [0.1, 0.15) is 18.1 Å². The van der Waals surface area contributed by atoms with Gasteiger partial charge in [-0.05, 0) is 57.3 Å². The van der Waals surface area contributed by atoms with Gasteiger partial charge in [0.05, 0.1) is 11.6 Å². The van der Waals surface area contributed by atoms with Gasteiger partial charge in [-0.1, -0.05) is 54.9 Å². The zero-order valence-corrected chi connectivity index (χ0v) is 29.8. The van der Waals surface area contributed by atoms with Gasteiger partial charge in [0, 0.05) is 31.3 Å². The monoisotopic (exact) mass is 661 g/mol. The SMILES string of the molecule is CCC[C@H](NC(=O)[C@H](CCC(C)C)NC(=O)c1cc[n+]([O-])cc1)C(=O)N[C@H](CN[C@@H](C)C(=O)N[C@H](C(=O)NCC)C(C)C)CC(C)C. The van der Waals surface area contributed by atoms with E-state index in [-0.39, 0.29) is 47.1 Å². The molecule has 0 saturated carbocycles. The maximum atomic E-state index is 13.6. The Morgan fingerprint density at radius 2 is 1.32 bits per heavy atom. The van der Waals surface area contributed by atoms with Crippen LogP contribution in [0.4, 0.5) is 0 Å². The summed E-state index contributed by atoms with van der Waals surface area (Å²) in [5.41, 5.74) is 0.248. The predicted molar refractivity (Wildman–Crippen MR) is 182 cm³/mol. The highest BCUT2D eigenvalue weighted by molar-refractivity contribution is 5.98. The highest BCUT2D eigenvalue weighted by Gasteiger charge is 2.29.